The maximum atomic E-state index is 12.7. The third-order valence-corrected chi connectivity index (χ3v) is 5.46. The summed E-state index contributed by atoms with van der Waals surface area (Å²) in [6.07, 6.45) is 1.32. The van der Waals surface area contributed by atoms with Crippen molar-refractivity contribution in [3.63, 3.8) is 0 Å². The van der Waals surface area contributed by atoms with Gasteiger partial charge in [0.2, 0.25) is 0 Å². The molecular weight excluding hydrogens is 520 g/mol. The van der Waals surface area contributed by atoms with Gasteiger partial charge in [-0.2, -0.15) is 5.10 Å². The molecule has 3 N–H and O–H groups in total. The smallest absolute Gasteiger partial charge is 0.343 e. The molecule has 0 saturated heterocycles. The van der Waals surface area contributed by atoms with Crippen molar-refractivity contribution < 1.29 is 23.9 Å². The Morgan fingerprint density at radius 2 is 1.38 bits per heavy atom. The number of rotatable bonds is 7. The molecule has 4 rings (SSSR count). The zero-order valence-corrected chi connectivity index (χ0v) is 21.0. The molecule has 0 aromatic heterocycles. The van der Waals surface area contributed by atoms with Crippen LogP contribution in [-0.4, -0.2) is 29.9 Å². The van der Waals surface area contributed by atoms with Gasteiger partial charge in [-0.1, -0.05) is 41.9 Å². The summed E-state index contributed by atoms with van der Waals surface area (Å²) >= 11 is 5.87. The summed E-state index contributed by atoms with van der Waals surface area (Å²) in [5, 5.41) is 9.42. The Labute approximate surface area is 228 Å². The Balaban J connectivity index is 1.30. The molecule has 0 unspecified atom stereocenters. The van der Waals surface area contributed by atoms with Crippen molar-refractivity contribution in [2.75, 3.05) is 10.6 Å². The number of carbonyl (C=O) groups excluding carboxylic acids is 4. The van der Waals surface area contributed by atoms with Crippen LogP contribution < -0.4 is 20.8 Å². The molecular formula is C29H21ClN4O5. The lowest BCUT2D eigenvalue weighted by Gasteiger charge is -2.11. The number of amides is 3. The second kappa shape index (κ2) is 12.8. The third-order valence-electron chi connectivity index (χ3n) is 5.21. The van der Waals surface area contributed by atoms with Crippen molar-refractivity contribution in [1.82, 2.24) is 5.43 Å². The molecule has 0 saturated carbocycles. The summed E-state index contributed by atoms with van der Waals surface area (Å²) in [7, 11) is 0. The highest BCUT2D eigenvalue weighted by molar-refractivity contribution is 6.40. The number of benzene rings is 4. The van der Waals surface area contributed by atoms with Gasteiger partial charge in [-0.25, -0.2) is 10.2 Å². The van der Waals surface area contributed by atoms with Gasteiger partial charge >= 0.3 is 17.8 Å². The van der Waals surface area contributed by atoms with Crippen LogP contribution in [0.4, 0.5) is 11.4 Å². The molecule has 3 amide bonds. The van der Waals surface area contributed by atoms with E-state index in [2.05, 4.69) is 21.2 Å². The van der Waals surface area contributed by atoms with Crippen LogP contribution in [-0.2, 0) is 9.59 Å². The van der Waals surface area contributed by atoms with Crippen molar-refractivity contribution in [3.05, 3.63) is 125 Å². The zero-order chi connectivity index (χ0) is 27.6. The fourth-order valence-corrected chi connectivity index (χ4v) is 3.41. The Kier molecular flexibility index (Phi) is 8.79. The van der Waals surface area contributed by atoms with Gasteiger partial charge in [-0.15, -0.1) is 0 Å². The number of nitrogens with zero attached hydrogens (tertiary/aromatic N) is 1. The summed E-state index contributed by atoms with van der Waals surface area (Å²) in [6.45, 7) is 0. The van der Waals surface area contributed by atoms with E-state index in [1.165, 1.54) is 18.3 Å². The van der Waals surface area contributed by atoms with E-state index in [0.717, 1.165) is 0 Å². The van der Waals surface area contributed by atoms with Gasteiger partial charge in [0.25, 0.3) is 5.91 Å². The lowest BCUT2D eigenvalue weighted by Crippen LogP contribution is -2.33. The molecule has 0 heterocycles. The number of esters is 1. The molecule has 0 atom stereocenters. The summed E-state index contributed by atoms with van der Waals surface area (Å²) in [5.74, 6) is -2.68. The van der Waals surface area contributed by atoms with Crippen molar-refractivity contribution in [1.29, 1.82) is 0 Å². The first-order valence-corrected chi connectivity index (χ1v) is 11.9. The van der Waals surface area contributed by atoms with Crippen LogP contribution in [0.3, 0.4) is 0 Å². The van der Waals surface area contributed by atoms with Crippen LogP contribution in [0.25, 0.3) is 0 Å². The fourth-order valence-electron chi connectivity index (χ4n) is 3.28. The molecule has 4 aromatic rings. The largest absolute Gasteiger partial charge is 0.423 e. The number of ether oxygens (including phenoxy) is 1. The average Bonchev–Trinajstić information content (AvgIpc) is 2.95. The molecule has 39 heavy (non-hydrogen) atoms. The first-order valence-electron chi connectivity index (χ1n) is 11.6. The molecule has 0 aliphatic heterocycles. The van der Waals surface area contributed by atoms with E-state index in [9.17, 15) is 19.2 Å². The number of anilines is 2. The Morgan fingerprint density at radius 1 is 0.718 bits per heavy atom. The SMILES string of the molecule is O=C(N/N=C\c1ccc(OC(=O)c2ccccc2)cc1)C(=O)Nc1ccccc1C(=O)Nc1ccc(Cl)cc1. The van der Waals surface area contributed by atoms with Crippen molar-refractivity contribution in [2.45, 2.75) is 0 Å². The quantitative estimate of drug-likeness (QED) is 0.101. The van der Waals surface area contributed by atoms with E-state index in [-0.39, 0.29) is 11.3 Å². The Morgan fingerprint density at radius 3 is 2.10 bits per heavy atom. The minimum absolute atomic E-state index is 0.147. The van der Waals surface area contributed by atoms with Gasteiger partial charge in [-0.3, -0.25) is 14.4 Å². The number of hydrogen-bond acceptors (Lipinski definition) is 6. The van der Waals surface area contributed by atoms with Crippen LogP contribution in [0.15, 0.2) is 108 Å². The standard InChI is InChI=1S/C29H21ClN4O5/c30-21-12-14-22(15-13-21)32-26(35)24-8-4-5-9-25(24)33-27(36)28(37)34-31-18-19-10-16-23(17-11-19)39-29(38)20-6-2-1-3-7-20/h1-18H,(H,32,35)(H,33,36)(H,34,37)/b31-18-. The lowest BCUT2D eigenvalue weighted by atomic mass is 10.1. The predicted octanol–water partition coefficient (Wildman–Crippen LogP) is 4.90. The second-order valence-electron chi connectivity index (χ2n) is 7.98. The Bertz CT molecular complexity index is 1520. The maximum Gasteiger partial charge on any atom is 0.343 e. The third kappa shape index (κ3) is 7.61. The van der Waals surface area contributed by atoms with Gasteiger partial charge in [0, 0.05) is 10.7 Å². The van der Waals surface area contributed by atoms with Crippen molar-refractivity contribution in [3.8, 4) is 5.75 Å². The highest BCUT2D eigenvalue weighted by Crippen LogP contribution is 2.19. The van der Waals surface area contributed by atoms with E-state index in [1.807, 2.05) is 0 Å². The molecule has 0 spiro atoms. The first-order chi connectivity index (χ1) is 18.9. The number of hydrazone groups is 1. The van der Waals surface area contributed by atoms with Crippen molar-refractivity contribution in [2.24, 2.45) is 5.10 Å². The molecule has 4 aromatic carbocycles. The van der Waals surface area contributed by atoms with Gasteiger partial charge < -0.3 is 15.4 Å². The number of carbonyl (C=O) groups is 4. The number of para-hydroxylation sites is 1. The molecule has 0 radical (unpaired) electrons. The molecule has 0 fully saturated rings. The lowest BCUT2D eigenvalue weighted by molar-refractivity contribution is -0.136. The number of nitrogens with one attached hydrogen (secondary N) is 3. The second-order valence-corrected chi connectivity index (χ2v) is 8.42. The van der Waals surface area contributed by atoms with Gasteiger partial charge in [-0.05, 0) is 78.4 Å². The zero-order valence-electron chi connectivity index (χ0n) is 20.3. The summed E-state index contributed by atoms with van der Waals surface area (Å²) in [5.41, 5.74) is 3.96. The molecule has 194 valence electrons. The van der Waals surface area contributed by atoms with Crippen LogP contribution in [0.1, 0.15) is 26.3 Å². The molecule has 0 aliphatic rings. The van der Waals surface area contributed by atoms with E-state index < -0.39 is 23.7 Å². The molecule has 10 heteroatoms. The minimum atomic E-state index is -1.03. The van der Waals surface area contributed by atoms with Gasteiger partial charge in [0.05, 0.1) is 23.0 Å². The molecule has 0 aliphatic carbocycles. The predicted molar refractivity (Wildman–Crippen MR) is 148 cm³/mol. The molecule has 0 bridgehead atoms. The average molecular weight is 541 g/mol. The molecule has 9 nitrogen and oxygen atoms in total. The van der Waals surface area contributed by atoms with Crippen LogP contribution in [0.5, 0.6) is 5.75 Å². The highest BCUT2D eigenvalue weighted by Gasteiger charge is 2.18. The van der Waals surface area contributed by atoms with E-state index in [1.54, 1.807) is 91.0 Å². The normalized spacial score (nSPS) is 10.5. The summed E-state index contributed by atoms with van der Waals surface area (Å²) in [4.78, 5) is 49.5. The fraction of sp³-hybridized carbons (Fsp3) is 0. The highest BCUT2D eigenvalue weighted by atomic mass is 35.5. The summed E-state index contributed by atoms with van der Waals surface area (Å²) in [6, 6.07) is 27.8. The van der Waals surface area contributed by atoms with Crippen molar-refractivity contribution >= 4 is 52.9 Å². The van der Waals surface area contributed by atoms with Crippen LogP contribution >= 0.6 is 11.6 Å². The minimum Gasteiger partial charge on any atom is -0.423 e. The van der Waals surface area contributed by atoms with Gasteiger partial charge in [0.1, 0.15) is 5.75 Å². The monoisotopic (exact) mass is 540 g/mol. The van der Waals surface area contributed by atoms with Crippen LogP contribution in [0, 0.1) is 0 Å². The Hall–Kier alpha value is -5.28. The van der Waals surface area contributed by atoms with E-state index in [4.69, 9.17) is 16.3 Å². The number of hydrogen-bond donors (Lipinski definition) is 3. The maximum absolute atomic E-state index is 12.7. The number of halogens is 1. The van der Waals surface area contributed by atoms with E-state index in [0.29, 0.717) is 27.6 Å². The van der Waals surface area contributed by atoms with Crippen LogP contribution in [0.2, 0.25) is 5.02 Å². The van der Waals surface area contributed by atoms with E-state index >= 15 is 0 Å². The first kappa shape index (κ1) is 26.8. The topological polar surface area (TPSA) is 126 Å². The van der Waals surface area contributed by atoms with Gasteiger partial charge in [0.15, 0.2) is 0 Å². The summed E-state index contributed by atoms with van der Waals surface area (Å²) < 4.78 is 5.31.